The lowest BCUT2D eigenvalue weighted by molar-refractivity contribution is -0.0920. The minimum absolute atomic E-state index is 0.0128. The lowest BCUT2D eigenvalue weighted by Gasteiger charge is -2.34. The van der Waals surface area contributed by atoms with E-state index in [-0.39, 0.29) is 39.7 Å². The number of nitrogens with one attached hydrogen (secondary N) is 2. The van der Waals surface area contributed by atoms with Gasteiger partial charge in [-0.1, -0.05) is 13.0 Å². The quantitative estimate of drug-likeness (QED) is 0.295. The number of hydrogen-bond acceptors (Lipinski definition) is 7. The third-order valence-corrected chi connectivity index (χ3v) is 7.96. The molecule has 0 aromatic carbocycles. The zero-order chi connectivity index (χ0) is 33.2. The number of carbonyl (C=O) groups is 2. The highest BCUT2D eigenvalue weighted by molar-refractivity contribution is 6.20. The average molecular weight is 638 g/mol. The first kappa shape index (κ1) is 32.5. The Balaban J connectivity index is 1.69. The monoisotopic (exact) mass is 637 g/mol. The van der Waals surface area contributed by atoms with E-state index >= 15 is 0 Å². The molecule has 0 unspecified atom stereocenters. The number of alkyl halides is 3. The van der Waals surface area contributed by atoms with E-state index in [4.69, 9.17) is 0 Å². The Morgan fingerprint density at radius 3 is 2.61 bits per heavy atom. The number of aromatic carboxylic acids is 1. The van der Waals surface area contributed by atoms with E-state index in [1.807, 2.05) is 0 Å². The molecule has 5 rings (SSSR count). The van der Waals surface area contributed by atoms with Crippen molar-refractivity contribution in [1.29, 1.82) is 0 Å². The molecule has 0 spiro atoms. The molecular weight excluding hydrogens is 603 g/mol. The summed E-state index contributed by atoms with van der Waals surface area (Å²) in [4.78, 5) is 53.0. The third kappa shape index (κ3) is 6.57. The van der Waals surface area contributed by atoms with Gasteiger partial charge in [0.25, 0.3) is 0 Å². The van der Waals surface area contributed by atoms with E-state index in [0.717, 1.165) is 38.4 Å². The van der Waals surface area contributed by atoms with Crippen molar-refractivity contribution in [3.8, 4) is 11.1 Å². The fraction of sp³-hybridized carbons (Fsp3) is 0.375. The molecule has 5 heterocycles. The molecule has 14 heteroatoms. The standard InChI is InChI=1S/C32H34F3N7O4/c1-4-9-41-10-7-8-20(16-41)42-17-24(30(44)45)28(43)22-11-19(14-38-29(22)42)23-15-37-26(40-31(46)36-6-3)13-21(23)27-18(5-2)12-25(39-27)32(33,34)35/h5,11-15,17,20H,4,6-10,16H2,1-3H3,(H,44,45)(H2,36,37,40,46)/b18-5+/t20-/m1/s1. The number of nitrogens with zero attached hydrogens (tertiary/aromatic N) is 5. The van der Waals surface area contributed by atoms with Gasteiger partial charge in [0, 0.05) is 54.4 Å². The SMILES string of the molecule is C/C=C1\C=C(C(F)(F)F)N=C1c1cc(NC(=O)NCC)ncc1-c1cnc2c(c1)c(=O)c(C(=O)O)cn2[C@@H]1CCCN(CCC)C1. The van der Waals surface area contributed by atoms with E-state index in [1.165, 1.54) is 36.8 Å². The number of urea groups is 1. The minimum atomic E-state index is -4.71. The summed E-state index contributed by atoms with van der Waals surface area (Å²) in [6.07, 6.45) is 4.53. The van der Waals surface area contributed by atoms with Gasteiger partial charge in [-0.3, -0.25) is 10.1 Å². The third-order valence-electron chi connectivity index (χ3n) is 7.96. The van der Waals surface area contributed by atoms with Crippen molar-refractivity contribution in [2.24, 2.45) is 4.99 Å². The summed E-state index contributed by atoms with van der Waals surface area (Å²) < 4.78 is 42.9. The molecule has 1 saturated heterocycles. The van der Waals surface area contributed by atoms with Crippen LogP contribution in [0.15, 0.2) is 63.9 Å². The van der Waals surface area contributed by atoms with Gasteiger partial charge < -0.3 is 19.9 Å². The van der Waals surface area contributed by atoms with Crippen molar-refractivity contribution in [2.75, 3.05) is 31.5 Å². The largest absolute Gasteiger partial charge is 0.477 e. The smallest absolute Gasteiger partial charge is 0.433 e. The Kier molecular flexibility index (Phi) is 9.37. The number of hydrogen-bond donors (Lipinski definition) is 3. The maximum atomic E-state index is 13.7. The van der Waals surface area contributed by atoms with Crippen molar-refractivity contribution >= 4 is 34.6 Å². The molecule has 1 atom stereocenters. The predicted molar refractivity (Wildman–Crippen MR) is 168 cm³/mol. The number of pyridine rings is 3. The van der Waals surface area contributed by atoms with Crippen molar-refractivity contribution in [1.82, 2.24) is 24.8 Å². The van der Waals surface area contributed by atoms with Gasteiger partial charge >= 0.3 is 18.2 Å². The second-order valence-electron chi connectivity index (χ2n) is 11.1. The summed E-state index contributed by atoms with van der Waals surface area (Å²) in [5.74, 6) is -1.32. The summed E-state index contributed by atoms with van der Waals surface area (Å²) in [6, 6.07) is 2.21. The van der Waals surface area contributed by atoms with Crippen molar-refractivity contribution in [3.05, 3.63) is 75.5 Å². The Morgan fingerprint density at radius 1 is 1.15 bits per heavy atom. The van der Waals surface area contributed by atoms with Gasteiger partial charge in [-0.05, 0) is 70.0 Å². The second-order valence-corrected chi connectivity index (χ2v) is 11.1. The van der Waals surface area contributed by atoms with Crippen LogP contribution in [0.25, 0.3) is 22.2 Å². The van der Waals surface area contributed by atoms with Crippen molar-refractivity contribution in [3.63, 3.8) is 0 Å². The zero-order valence-corrected chi connectivity index (χ0v) is 25.6. The molecule has 1 fully saturated rings. The highest BCUT2D eigenvalue weighted by atomic mass is 19.4. The Bertz CT molecular complexity index is 1840. The number of carboxylic acids is 1. The number of piperidine rings is 1. The van der Waals surface area contributed by atoms with Gasteiger partial charge in [0.1, 0.15) is 22.7 Å². The van der Waals surface area contributed by atoms with E-state index in [2.05, 4.69) is 37.4 Å². The molecule has 0 bridgehead atoms. The number of likely N-dealkylation sites (tertiary alicyclic amines) is 1. The fourth-order valence-electron chi connectivity index (χ4n) is 5.87. The molecular formula is C32H34F3N7O4. The number of rotatable bonds is 8. The maximum absolute atomic E-state index is 13.7. The van der Waals surface area contributed by atoms with Crippen LogP contribution >= 0.6 is 0 Å². The molecule has 2 amide bonds. The molecule has 0 saturated carbocycles. The van der Waals surface area contributed by atoms with E-state index < -0.39 is 34.9 Å². The second kappa shape index (κ2) is 13.3. The first-order chi connectivity index (χ1) is 21.9. The number of anilines is 1. The van der Waals surface area contributed by atoms with E-state index in [1.54, 1.807) is 18.4 Å². The van der Waals surface area contributed by atoms with Crippen molar-refractivity contribution < 1.29 is 27.9 Å². The van der Waals surface area contributed by atoms with Gasteiger partial charge in [-0.15, -0.1) is 0 Å². The normalized spacial score (nSPS) is 18.0. The number of carbonyl (C=O) groups excluding carboxylic acids is 1. The number of carboxylic acid groups (broad SMARTS) is 1. The molecule has 0 aliphatic carbocycles. The summed E-state index contributed by atoms with van der Waals surface area (Å²) in [5.41, 5.74) is -0.955. The van der Waals surface area contributed by atoms with Crippen molar-refractivity contribution in [2.45, 2.75) is 52.3 Å². The van der Waals surface area contributed by atoms with E-state index in [9.17, 15) is 32.7 Å². The van der Waals surface area contributed by atoms with Crippen LogP contribution < -0.4 is 16.1 Å². The topological polar surface area (TPSA) is 142 Å². The molecule has 2 aliphatic heterocycles. The molecule has 0 radical (unpaired) electrons. The van der Waals surface area contributed by atoms with Gasteiger partial charge in [-0.25, -0.2) is 24.5 Å². The Labute approximate surface area is 262 Å². The van der Waals surface area contributed by atoms with Crippen LogP contribution in [0.5, 0.6) is 0 Å². The van der Waals surface area contributed by atoms with Crippen LogP contribution in [0.3, 0.4) is 0 Å². The van der Waals surface area contributed by atoms with Gasteiger partial charge in [0.2, 0.25) is 5.43 Å². The molecule has 11 nitrogen and oxygen atoms in total. The van der Waals surface area contributed by atoms with Crippen LogP contribution in [0.2, 0.25) is 0 Å². The first-order valence-electron chi connectivity index (χ1n) is 15.1. The highest BCUT2D eigenvalue weighted by Gasteiger charge is 2.38. The Morgan fingerprint density at radius 2 is 1.93 bits per heavy atom. The highest BCUT2D eigenvalue weighted by Crippen LogP contribution is 2.37. The number of halogens is 3. The lowest BCUT2D eigenvalue weighted by atomic mass is 9.95. The minimum Gasteiger partial charge on any atom is -0.477 e. The zero-order valence-electron chi connectivity index (χ0n) is 25.6. The molecule has 3 aromatic rings. The molecule has 3 N–H and O–H groups in total. The predicted octanol–water partition coefficient (Wildman–Crippen LogP) is 5.54. The lowest BCUT2D eigenvalue weighted by Crippen LogP contribution is -2.37. The molecule has 2 aliphatic rings. The fourth-order valence-corrected chi connectivity index (χ4v) is 5.87. The van der Waals surface area contributed by atoms with Crippen LogP contribution in [0.4, 0.5) is 23.8 Å². The summed E-state index contributed by atoms with van der Waals surface area (Å²) in [7, 11) is 0. The van der Waals surface area contributed by atoms with E-state index in [0.29, 0.717) is 24.3 Å². The van der Waals surface area contributed by atoms with Crippen LogP contribution in [-0.4, -0.2) is 74.6 Å². The van der Waals surface area contributed by atoms with Crippen LogP contribution in [-0.2, 0) is 0 Å². The van der Waals surface area contributed by atoms with Gasteiger partial charge in [0.05, 0.1) is 11.1 Å². The van der Waals surface area contributed by atoms with Gasteiger partial charge in [0.15, 0.2) is 0 Å². The number of amides is 2. The first-order valence-corrected chi connectivity index (χ1v) is 15.1. The summed E-state index contributed by atoms with van der Waals surface area (Å²) >= 11 is 0. The molecule has 242 valence electrons. The molecule has 3 aromatic heterocycles. The summed E-state index contributed by atoms with van der Waals surface area (Å²) in [5, 5.41) is 15.1. The maximum Gasteiger partial charge on any atom is 0.433 e. The summed E-state index contributed by atoms with van der Waals surface area (Å²) in [6.45, 7) is 8.21. The average Bonchev–Trinajstić information content (AvgIpc) is 3.47. The molecule has 46 heavy (non-hydrogen) atoms. The number of allylic oxidation sites excluding steroid dienone is 4. The van der Waals surface area contributed by atoms with Crippen LogP contribution in [0, 0.1) is 0 Å². The van der Waals surface area contributed by atoms with Gasteiger partial charge in [-0.2, -0.15) is 13.2 Å². The number of fused-ring (bicyclic) bond motifs is 1. The number of aromatic nitrogens is 3. The Hall–Kier alpha value is -4.85. The number of aliphatic imine (C=N–C) groups is 1. The van der Waals surface area contributed by atoms with Crippen LogP contribution in [0.1, 0.15) is 62.0 Å².